The summed E-state index contributed by atoms with van der Waals surface area (Å²) in [5.41, 5.74) is 2.08. The molecule has 1 aliphatic rings. The molecular formula is C19H22O5. The number of methoxy groups -OCH3 is 3. The van der Waals surface area contributed by atoms with Crippen LogP contribution in [0, 0.1) is 0 Å². The van der Waals surface area contributed by atoms with E-state index in [0.717, 1.165) is 16.9 Å². The molecule has 5 heteroatoms. The highest BCUT2D eigenvalue weighted by molar-refractivity contribution is 5.53. The maximum atomic E-state index is 10.1. The van der Waals surface area contributed by atoms with Crippen molar-refractivity contribution in [2.75, 3.05) is 27.9 Å². The quantitative estimate of drug-likeness (QED) is 0.926. The van der Waals surface area contributed by atoms with E-state index >= 15 is 0 Å². The summed E-state index contributed by atoms with van der Waals surface area (Å²) < 4.78 is 21.8. The predicted molar refractivity (Wildman–Crippen MR) is 90.9 cm³/mol. The molecule has 128 valence electrons. The summed E-state index contributed by atoms with van der Waals surface area (Å²) in [6.45, 7) is 2.69. The Kier molecular flexibility index (Phi) is 4.42. The highest BCUT2D eigenvalue weighted by Crippen LogP contribution is 2.46. The molecule has 0 spiro atoms. The van der Waals surface area contributed by atoms with Crippen LogP contribution >= 0.6 is 0 Å². The van der Waals surface area contributed by atoms with E-state index in [4.69, 9.17) is 18.9 Å². The van der Waals surface area contributed by atoms with Crippen molar-refractivity contribution in [3.05, 3.63) is 41.5 Å². The average molecular weight is 330 g/mol. The molecule has 0 aromatic heterocycles. The zero-order valence-corrected chi connectivity index (χ0v) is 14.3. The minimum Gasteiger partial charge on any atom is -0.504 e. The van der Waals surface area contributed by atoms with E-state index in [1.807, 2.05) is 18.2 Å². The van der Waals surface area contributed by atoms with Gasteiger partial charge < -0.3 is 24.1 Å². The fourth-order valence-electron chi connectivity index (χ4n) is 3.22. The van der Waals surface area contributed by atoms with E-state index < -0.39 is 0 Å². The van der Waals surface area contributed by atoms with Gasteiger partial charge in [-0.3, -0.25) is 0 Å². The molecule has 24 heavy (non-hydrogen) atoms. The van der Waals surface area contributed by atoms with Gasteiger partial charge in [0.25, 0.3) is 0 Å². The molecule has 1 unspecified atom stereocenters. The van der Waals surface area contributed by atoms with Crippen LogP contribution in [0.25, 0.3) is 0 Å². The van der Waals surface area contributed by atoms with Crippen LogP contribution in [0.4, 0.5) is 0 Å². The first-order valence-electron chi connectivity index (χ1n) is 7.84. The number of ether oxygens (including phenoxy) is 4. The third-order valence-electron chi connectivity index (χ3n) is 4.66. The van der Waals surface area contributed by atoms with Crippen molar-refractivity contribution in [1.29, 1.82) is 0 Å². The molecule has 0 saturated heterocycles. The summed E-state index contributed by atoms with van der Waals surface area (Å²) in [5, 5.41) is 10.1. The molecule has 0 bridgehead atoms. The number of hydrogen-bond acceptors (Lipinski definition) is 5. The number of phenols is 1. The first-order chi connectivity index (χ1) is 11.6. The molecule has 0 fully saturated rings. The van der Waals surface area contributed by atoms with Crippen LogP contribution in [-0.4, -0.2) is 33.0 Å². The zero-order valence-electron chi connectivity index (χ0n) is 14.3. The molecule has 1 aliphatic heterocycles. The Morgan fingerprint density at radius 3 is 2.33 bits per heavy atom. The van der Waals surface area contributed by atoms with Crippen molar-refractivity contribution in [1.82, 2.24) is 0 Å². The van der Waals surface area contributed by atoms with E-state index in [9.17, 15) is 5.11 Å². The molecule has 0 radical (unpaired) electrons. The number of phenolic OH excluding ortho intramolecular Hbond substituents is 1. The fraction of sp³-hybridized carbons (Fsp3) is 0.368. The van der Waals surface area contributed by atoms with Crippen LogP contribution < -0.4 is 18.9 Å². The second kappa shape index (κ2) is 6.51. The second-order valence-corrected chi connectivity index (χ2v) is 5.88. The predicted octanol–water partition coefficient (Wildman–Crippen LogP) is 3.70. The average Bonchev–Trinajstić information content (AvgIpc) is 2.61. The highest BCUT2D eigenvalue weighted by atomic mass is 16.5. The highest BCUT2D eigenvalue weighted by Gasteiger charge is 2.30. The topological polar surface area (TPSA) is 57.2 Å². The Labute approximate surface area is 141 Å². The van der Waals surface area contributed by atoms with Crippen molar-refractivity contribution in [2.45, 2.75) is 18.8 Å². The first kappa shape index (κ1) is 16.3. The number of rotatable bonds is 4. The maximum Gasteiger partial charge on any atom is 0.164 e. The number of aromatic hydroxyl groups is 1. The number of hydrogen-bond donors (Lipinski definition) is 1. The lowest BCUT2D eigenvalue weighted by Crippen LogP contribution is -2.22. The van der Waals surface area contributed by atoms with Crippen LogP contribution in [0.2, 0.25) is 0 Å². The van der Waals surface area contributed by atoms with Gasteiger partial charge in [-0.2, -0.15) is 0 Å². The van der Waals surface area contributed by atoms with Crippen LogP contribution in [-0.2, 0) is 0 Å². The smallest absolute Gasteiger partial charge is 0.164 e. The van der Waals surface area contributed by atoms with Crippen LogP contribution in [0.1, 0.15) is 29.9 Å². The van der Waals surface area contributed by atoms with Crippen molar-refractivity contribution >= 4 is 0 Å². The maximum absolute atomic E-state index is 10.1. The third kappa shape index (κ3) is 2.70. The van der Waals surface area contributed by atoms with E-state index in [2.05, 4.69) is 6.92 Å². The summed E-state index contributed by atoms with van der Waals surface area (Å²) in [6, 6.07) is 9.39. The van der Waals surface area contributed by atoms with Crippen molar-refractivity contribution in [3.8, 4) is 28.7 Å². The molecule has 0 saturated carbocycles. The number of benzene rings is 2. The minimum absolute atomic E-state index is 0.125. The molecule has 1 N–H and O–H groups in total. The van der Waals surface area contributed by atoms with Crippen molar-refractivity contribution in [3.63, 3.8) is 0 Å². The van der Waals surface area contributed by atoms with Crippen LogP contribution in [0.5, 0.6) is 28.7 Å². The molecular weight excluding hydrogens is 308 g/mol. The Hall–Kier alpha value is -2.56. The van der Waals surface area contributed by atoms with E-state index in [1.54, 1.807) is 26.4 Å². The molecule has 0 amide bonds. The largest absolute Gasteiger partial charge is 0.504 e. The summed E-state index contributed by atoms with van der Waals surface area (Å²) in [5.74, 6) is 3.05. The standard InChI is InChI=1S/C19H22O5/c1-11-13-8-15(20)18(22-3)9-17(13)24-10-14(11)12-5-6-16(21-2)19(7-12)23-4/h5-9,11,14,20H,10H2,1-4H3/t11?,14-/m1/s1. The Balaban J connectivity index is 1.96. The SMILES string of the molecule is COc1cc2c(cc1O)C(C)[C@H](c1ccc(OC)c(OC)c1)CO2. The monoisotopic (exact) mass is 330 g/mol. The minimum atomic E-state index is 0.125. The van der Waals surface area contributed by atoms with Gasteiger partial charge in [-0.15, -0.1) is 0 Å². The van der Waals surface area contributed by atoms with Gasteiger partial charge in [0.1, 0.15) is 5.75 Å². The fourth-order valence-corrected chi connectivity index (χ4v) is 3.22. The van der Waals surface area contributed by atoms with Crippen LogP contribution in [0.15, 0.2) is 30.3 Å². The normalized spacial score (nSPS) is 19.2. The van der Waals surface area contributed by atoms with Crippen LogP contribution in [0.3, 0.4) is 0 Å². The molecule has 1 heterocycles. The number of fused-ring (bicyclic) bond motifs is 1. The Bertz CT molecular complexity index is 741. The molecule has 2 aromatic carbocycles. The third-order valence-corrected chi connectivity index (χ3v) is 4.66. The van der Waals surface area contributed by atoms with E-state index in [-0.39, 0.29) is 17.6 Å². The lowest BCUT2D eigenvalue weighted by molar-refractivity contribution is 0.240. The first-order valence-corrected chi connectivity index (χ1v) is 7.84. The summed E-state index contributed by atoms with van der Waals surface area (Å²) >= 11 is 0. The molecule has 5 nitrogen and oxygen atoms in total. The van der Waals surface area contributed by atoms with Gasteiger partial charge in [0, 0.05) is 17.5 Å². The van der Waals surface area contributed by atoms with Gasteiger partial charge >= 0.3 is 0 Å². The summed E-state index contributed by atoms with van der Waals surface area (Å²) in [7, 11) is 4.78. The Morgan fingerprint density at radius 1 is 0.958 bits per heavy atom. The van der Waals surface area contributed by atoms with Gasteiger partial charge in [0.15, 0.2) is 23.0 Å². The van der Waals surface area contributed by atoms with Gasteiger partial charge in [-0.1, -0.05) is 13.0 Å². The van der Waals surface area contributed by atoms with Gasteiger partial charge in [-0.05, 0) is 29.7 Å². The molecule has 2 atom stereocenters. The van der Waals surface area contributed by atoms with Gasteiger partial charge in [0.2, 0.25) is 0 Å². The van der Waals surface area contributed by atoms with Gasteiger partial charge in [-0.25, -0.2) is 0 Å². The summed E-state index contributed by atoms with van der Waals surface area (Å²) in [4.78, 5) is 0. The second-order valence-electron chi connectivity index (χ2n) is 5.88. The lowest BCUT2D eigenvalue weighted by atomic mass is 9.81. The summed E-state index contributed by atoms with van der Waals surface area (Å²) in [6.07, 6.45) is 0. The van der Waals surface area contributed by atoms with E-state index in [1.165, 1.54) is 7.11 Å². The Morgan fingerprint density at radius 2 is 1.67 bits per heavy atom. The molecule has 2 aromatic rings. The van der Waals surface area contributed by atoms with Gasteiger partial charge in [0.05, 0.1) is 27.9 Å². The molecule has 3 rings (SSSR count). The molecule has 0 aliphatic carbocycles. The zero-order chi connectivity index (χ0) is 17.3. The lowest BCUT2D eigenvalue weighted by Gasteiger charge is -2.32. The van der Waals surface area contributed by atoms with Crippen molar-refractivity contribution in [2.24, 2.45) is 0 Å². The van der Waals surface area contributed by atoms with E-state index in [0.29, 0.717) is 23.9 Å². The van der Waals surface area contributed by atoms with Crippen molar-refractivity contribution < 1.29 is 24.1 Å².